The Morgan fingerprint density at radius 1 is 1.33 bits per heavy atom. The van der Waals surface area contributed by atoms with Crippen LogP contribution in [0.15, 0.2) is 18.3 Å². The van der Waals surface area contributed by atoms with Gasteiger partial charge in [-0.25, -0.2) is 8.42 Å². The average molecular weight is 272 g/mol. The summed E-state index contributed by atoms with van der Waals surface area (Å²) in [6.45, 7) is 9.50. The summed E-state index contributed by atoms with van der Waals surface area (Å²) in [4.78, 5) is 0. The van der Waals surface area contributed by atoms with Crippen LogP contribution in [0, 0.1) is 0 Å². The van der Waals surface area contributed by atoms with E-state index in [0.29, 0.717) is 6.54 Å². The molecule has 0 fully saturated rings. The Hall–Kier alpha value is -0.810. The molecule has 0 amide bonds. The molecule has 1 rings (SSSR count). The maximum atomic E-state index is 12.0. The zero-order chi connectivity index (χ0) is 13.8. The largest absolute Gasteiger partial charge is 0.349 e. The van der Waals surface area contributed by atoms with E-state index >= 15 is 0 Å². The molecule has 5 heteroatoms. The summed E-state index contributed by atoms with van der Waals surface area (Å²) in [5.41, 5.74) is 1.13. The fourth-order valence-corrected chi connectivity index (χ4v) is 2.66. The van der Waals surface area contributed by atoms with Gasteiger partial charge in [-0.2, -0.15) is 0 Å². The van der Waals surface area contributed by atoms with Crippen molar-refractivity contribution in [3.05, 3.63) is 24.0 Å². The van der Waals surface area contributed by atoms with E-state index in [9.17, 15) is 8.42 Å². The molecular formula is C13H24N2O2S. The van der Waals surface area contributed by atoms with Crippen LogP contribution in [-0.2, 0) is 22.9 Å². The van der Waals surface area contributed by atoms with Gasteiger partial charge in [0, 0.05) is 25.0 Å². The molecule has 4 nitrogen and oxygen atoms in total. The molecular weight excluding hydrogens is 248 g/mol. The van der Waals surface area contributed by atoms with Crippen LogP contribution in [0.4, 0.5) is 0 Å². The Labute approximate surface area is 110 Å². The highest BCUT2D eigenvalue weighted by Gasteiger charge is 2.28. The van der Waals surface area contributed by atoms with Crippen molar-refractivity contribution < 1.29 is 8.42 Å². The SMILES string of the molecule is CCNCc1cccn1CCS(=O)(=O)C(C)(C)C. The first-order valence-corrected chi connectivity index (χ1v) is 8.00. The number of nitrogens with one attached hydrogen (secondary N) is 1. The number of nitrogens with zero attached hydrogens (tertiary/aromatic N) is 1. The van der Waals surface area contributed by atoms with E-state index in [0.717, 1.165) is 18.8 Å². The number of aromatic nitrogens is 1. The minimum absolute atomic E-state index is 0.185. The maximum absolute atomic E-state index is 12.0. The molecule has 104 valence electrons. The minimum atomic E-state index is -3.05. The number of hydrogen-bond donors (Lipinski definition) is 1. The molecule has 1 aromatic rings. The topological polar surface area (TPSA) is 51.1 Å². The van der Waals surface area contributed by atoms with Gasteiger partial charge in [0.2, 0.25) is 0 Å². The highest BCUT2D eigenvalue weighted by Crippen LogP contribution is 2.16. The molecule has 0 unspecified atom stereocenters. The number of rotatable bonds is 6. The molecule has 0 aliphatic heterocycles. The lowest BCUT2D eigenvalue weighted by atomic mass is 10.3. The molecule has 1 N–H and O–H groups in total. The fraction of sp³-hybridized carbons (Fsp3) is 0.692. The second-order valence-electron chi connectivity index (χ2n) is 5.40. The van der Waals surface area contributed by atoms with E-state index in [4.69, 9.17) is 0 Å². The molecule has 1 heterocycles. The second kappa shape index (κ2) is 5.89. The summed E-state index contributed by atoms with van der Waals surface area (Å²) in [5, 5.41) is 3.25. The monoisotopic (exact) mass is 272 g/mol. The van der Waals surface area contributed by atoms with E-state index < -0.39 is 14.6 Å². The first-order valence-electron chi connectivity index (χ1n) is 6.35. The molecule has 0 radical (unpaired) electrons. The molecule has 0 aliphatic rings. The van der Waals surface area contributed by atoms with Gasteiger partial charge in [0.25, 0.3) is 0 Å². The van der Waals surface area contributed by atoms with Gasteiger partial charge in [-0.15, -0.1) is 0 Å². The first-order chi connectivity index (χ1) is 8.28. The summed E-state index contributed by atoms with van der Waals surface area (Å²) in [6.07, 6.45) is 1.94. The Bertz CT molecular complexity index is 469. The highest BCUT2D eigenvalue weighted by atomic mass is 32.2. The molecule has 0 aromatic carbocycles. The van der Waals surface area contributed by atoms with E-state index in [1.165, 1.54) is 0 Å². The smallest absolute Gasteiger partial charge is 0.156 e. The zero-order valence-electron chi connectivity index (χ0n) is 11.7. The van der Waals surface area contributed by atoms with Crippen LogP contribution in [0.5, 0.6) is 0 Å². The van der Waals surface area contributed by atoms with Crippen LogP contribution in [0.1, 0.15) is 33.4 Å². The normalized spacial score (nSPS) is 12.9. The molecule has 18 heavy (non-hydrogen) atoms. The van der Waals surface area contributed by atoms with Crippen molar-refractivity contribution in [2.24, 2.45) is 0 Å². The summed E-state index contributed by atoms with van der Waals surface area (Å²) in [5.74, 6) is 0.185. The van der Waals surface area contributed by atoms with Gasteiger partial charge in [0.15, 0.2) is 9.84 Å². The van der Waals surface area contributed by atoms with E-state index in [2.05, 4.69) is 12.2 Å². The lowest BCUT2D eigenvalue weighted by Gasteiger charge is -2.19. The summed E-state index contributed by atoms with van der Waals surface area (Å²) in [7, 11) is -3.05. The molecule has 0 saturated carbocycles. The van der Waals surface area contributed by atoms with Gasteiger partial charge >= 0.3 is 0 Å². The van der Waals surface area contributed by atoms with Crippen LogP contribution in [0.2, 0.25) is 0 Å². The van der Waals surface area contributed by atoms with Crippen molar-refractivity contribution in [1.29, 1.82) is 0 Å². The van der Waals surface area contributed by atoms with Crippen LogP contribution in [0.3, 0.4) is 0 Å². The Morgan fingerprint density at radius 2 is 2.00 bits per heavy atom. The van der Waals surface area contributed by atoms with Crippen molar-refractivity contribution in [3.8, 4) is 0 Å². The van der Waals surface area contributed by atoms with Crippen molar-refractivity contribution >= 4 is 9.84 Å². The fourth-order valence-electron chi connectivity index (χ4n) is 1.61. The molecule has 0 aliphatic carbocycles. The summed E-state index contributed by atoms with van der Waals surface area (Å²) < 4.78 is 25.4. The third-order valence-electron chi connectivity index (χ3n) is 3.01. The average Bonchev–Trinajstić information content (AvgIpc) is 2.69. The maximum Gasteiger partial charge on any atom is 0.156 e. The van der Waals surface area contributed by atoms with Gasteiger partial charge in [-0.3, -0.25) is 0 Å². The summed E-state index contributed by atoms with van der Waals surface area (Å²) >= 11 is 0. The Kier molecular flexibility index (Phi) is 4.99. The standard InChI is InChI=1S/C13H24N2O2S/c1-5-14-11-12-7-6-8-15(12)9-10-18(16,17)13(2,3)4/h6-8,14H,5,9-11H2,1-4H3. The van der Waals surface area contributed by atoms with Crippen molar-refractivity contribution in [2.75, 3.05) is 12.3 Å². The molecule has 0 atom stereocenters. The van der Waals surface area contributed by atoms with E-state index in [1.807, 2.05) is 22.9 Å². The van der Waals surface area contributed by atoms with Gasteiger partial charge in [-0.1, -0.05) is 6.92 Å². The molecule has 0 spiro atoms. The van der Waals surface area contributed by atoms with E-state index in [1.54, 1.807) is 20.8 Å². The van der Waals surface area contributed by atoms with Gasteiger partial charge in [0.1, 0.15) is 0 Å². The van der Waals surface area contributed by atoms with E-state index in [-0.39, 0.29) is 5.75 Å². The Balaban J connectivity index is 2.67. The van der Waals surface area contributed by atoms with Gasteiger partial charge in [-0.05, 0) is 39.4 Å². The lowest BCUT2D eigenvalue weighted by Crippen LogP contribution is -2.32. The van der Waals surface area contributed by atoms with Crippen LogP contribution in [0.25, 0.3) is 0 Å². The minimum Gasteiger partial charge on any atom is -0.349 e. The third kappa shape index (κ3) is 3.85. The van der Waals surface area contributed by atoms with Crippen molar-refractivity contribution in [1.82, 2.24) is 9.88 Å². The van der Waals surface area contributed by atoms with Crippen molar-refractivity contribution in [3.63, 3.8) is 0 Å². The van der Waals surface area contributed by atoms with Crippen LogP contribution < -0.4 is 5.32 Å². The van der Waals surface area contributed by atoms with Crippen LogP contribution >= 0.6 is 0 Å². The first kappa shape index (κ1) is 15.2. The molecule has 1 aromatic heterocycles. The lowest BCUT2D eigenvalue weighted by molar-refractivity contribution is 0.551. The van der Waals surface area contributed by atoms with Gasteiger partial charge in [0.05, 0.1) is 10.5 Å². The predicted molar refractivity (Wildman–Crippen MR) is 75.4 cm³/mol. The Morgan fingerprint density at radius 3 is 2.56 bits per heavy atom. The number of sulfone groups is 1. The number of hydrogen-bond acceptors (Lipinski definition) is 3. The third-order valence-corrected chi connectivity index (χ3v) is 5.60. The highest BCUT2D eigenvalue weighted by molar-refractivity contribution is 7.92. The summed E-state index contributed by atoms with van der Waals surface area (Å²) in [6, 6.07) is 3.97. The zero-order valence-corrected chi connectivity index (χ0v) is 12.5. The molecule has 0 bridgehead atoms. The second-order valence-corrected chi connectivity index (χ2v) is 8.27. The quantitative estimate of drug-likeness (QED) is 0.859. The van der Waals surface area contributed by atoms with Crippen LogP contribution in [-0.4, -0.2) is 30.0 Å². The molecule has 0 saturated heterocycles. The van der Waals surface area contributed by atoms with Crippen molar-refractivity contribution in [2.45, 2.75) is 45.5 Å². The van der Waals surface area contributed by atoms with Gasteiger partial charge < -0.3 is 9.88 Å². The predicted octanol–water partition coefficient (Wildman–Crippen LogP) is 1.81. The number of aryl methyl sites for hydroxylation is 1.